The van der Waals surface area contributed by atoms with Crippen molar-refractivity contribution in [2.75, 3.05) is 0 Å². The lowest BCUT2D eigenvalue weighted by Gasteiger charge is -2.27. The lowest BCUT2D eigenvalue weighted by Crippen LogP contribution is -2.22. The molecule has 0 spiro atoms. The van der Waals surface area contributed by atoms with Crippen molar-refractivity contribution in [2.45, 2.75) is 19.3 Å². The van der Waals surface area contributed by atoms with E-state index in [1.54, 1.807) is 0 Å². The number of nitro groups is 1. The van der Waals surface area contributed by atoms with Gasteiger partial charge in [0.25, 0.3) is 5.69 Å². The van der Waals surface area contributed by atoms with Crippen LogP contribution < -0.4 is 0 Å². The monoisotopic (exact) mass is 285 g/mol. The molecule has 5 nitrogen and oxygen atoms in total. The number of rotatable bonds is 4. The predicted molar refractivity (Wildman–Crippen MR) is 78.6 cm³/mol. The molecule has 2 aromatic carbocycles. The average Bonchev–Trinajstić information content (AvgIpc) is 2.47. The summed E-state index contributed by atoms with van der Waals surface area (Å²) in [6.07, 6.45) is 0. The maximum Gasteiger partial charge on any atom is 0.336 e. The van der Waals surface area contributed by atoms with Crippen molar-refractivity contribution in [1.29, 1.82) is 0 Å². The van der Waals surface area contributed by atoms with Gasteiger partial charge in [-0.05, 0) is 17.2 Å². The van der Waals surface area contributed by atoms with Crippen LogP contribution in [0.1, 0.15) is 35.3 Å². The summed E-state index contributed by atoms with van der Waals surface area (Å²) in [6, 6.07) is 13.2. The molecule has 2 aromatic rings. The molecule has 0 unspecified atom stereocenters. The van der Waals surface area contributed by atoms with Crippen LogP contribution in [0.5, 0.6) is 0 Å². The number of non-ortho nitro benzene ring substituents is 1. The molecule has 0 saturated carbocycles. The predicted octanol–water partition coefficient (Wildman–Crippen LogP) is 3.62. The number of hydrogen-bond donors (Lipinski definition) is 1. The number of carbonyl (C=O) groups is 1. The Balaban J connectivity index is 2.67. The fraction of sp³-hybridized carbons (Fsp3) is 0.188. The second kappa shape index (κ2) is 5.36. The molecule has 2 rings (SSSR count). The number of benzene rings is 2. The van der Waals surface area contributed by atoms with Crippen molar-refractivity contribution >= 4 is 11.7 Å². The zero-order valence-corrected chi connectivity index (χ0v) is 11.7. The third-order valence-electron chi connectivity index (χ3n) is 3.61. The summed E-state index contributed by atoms with van der Waals surface area (Å²) in [4.78, 5) is 21.8. The number of nitro benzene ring substituents is 1. The van der Waals surface area contributed by atoms with E-state index < -0.39 is 16.3 Å². The Morgan fingerprint density at radius 2 is 1.76 bits per heavy atom. The van der Waals surface area contributed by atoms with Crippen LogP contribution >= 0.6 is 0 Å². The number of nitrogens with zero attached hydrogens (tertiary/aromatic N) is 1. The second-order valence-electron chi connectivity index (χ2n) is 5.28. The molecule has 0 atom stereocenters. The van der Waals surface area contributed by atoms with Gasteiger partial charge in [0.05, 0.1) is 10.5 Å². The molecule has 0 aliphatic rings. The van der Waals surface area contributed by atoms with E-state index in [0.717, 1.165) is 5.56 Å². The van der Waals surface area contributed by atoms with E-state index in [1.165, 1.54) is 18.2 Å². The molecule has 0 heterocycles. The fourth-order valence-corrected chi connectivity index (χ4v) is 2.36. The minimum absolute atomic E-state index is 0.0782. The molecule has 5 heteroatoms. The average molecular weight is 285 g/mol. The van der Waals surface area contributed by atoms with E-state index in [9.17, 15) is 20.0 Å². The molecular weight excluding hydrogens is 270 g/mol. The maximum absolute atomic E-state index is 11.4. The van der Waals surface area contributed by atoms with Crippen molar-refractivity contribution in [3.63, 3.8) is 0 Å². The quantitative estimate of drug-likeness (QED) is 0.687. The summed E-state index contributed by atoms with van der Waals surface area (Å²) in [7, 11) is 0. The van der Waals surface area contributed by atoms with Crippen molar-refractivity contribution in [3.05, 3.63) is 75.3 Å². The summed E-state index contributed by atoms with van der Waals surface area (Å²) in [5.74, 6) is -1.09. The Kier molecular flexibility index (Phi) is 3.76. The molecule has 0 amide bonds. The Hall–Kier alpha value is -2.69. The Labute approximate surface area is 122 Å². The summed E-state index contributed by atoms with van der Waals surface area (Å²) in [5, 5.41) is 20.3. The molecule has 0 bridgehead atoms. The van der Waals surface area contributed by atoms with Gasteiger partial charge in [-0.15, -0.1) is 0 Å². The third-order valence-corrected chi connectivity index (χ3v) is 3.61. The number of aromatic carboxylic acids is 1. The summed E-state index contributed by atoms with van der Waals surface area (Å²) < 4.78 is 0. The van der Waals surface area contributed by atoms with Gasteiger partial charge < -0.3 is 5.11 Å². The highest BCUT2D eigenvalue weighted by Gasteiger charge is 2.29. The van der Waals surface area contributed by atoms with Crippen molar-refractivity contribution < 1.29 is 14.8 Å². The number of hydrogen-bond acceptors (Lipinski definition) is 3. The molecular formula is C16H15NO4. The largest absolute Gasteiger partial charge is 0.478 e. The maximum atomic E-state index is 11.4. The first-order valence-corrected chi connectivity index (χ1v) is 6.42. The highest BCUT2D eigenvalue weighted by molar-refractivity contribution is 5.90. The smallest absolute Gasteiger partial charge is 0.336 e. The zero-order chi connectivity index (χ0) is 15.6. The molecule has 21 heavy (non-hydrogen) atoms. The molecule has 0 aliphatic heterocycles. The van der Waals surface area contributed by atoms with Gasteiger partial charge in [0.2, 0.25) is 0 Å². The first kappa shape index (κ1) is 14.7. The first-order chi connectivity index (χ1) is 9.84. The SMILES string of the molecule is CC(C)(c1ccccc1)c1cc([N+](=O)[O-])ccc1C(=O)O. The lowest BCUT2D eigenvalue weighted by molar-refractivity contribution is -0.385. The van der Waals surface area contributed by atoms with Crippen LogP contribution in [-0.4, -0.2) is 16.0 Å². The van der Waals surface area contributed by atoms with Gasteiger partial charge in [-0.1, -0.05) is 44.2 Å². The standard InChI is InChI=1S/C16H15NO4/c1-16(2,11-6-4-3-5-7-11)14-10-12(17(20)21)8-9-13(14)15(18)19/h3-10H,1-2H3,(H,18,19). The van der Waals surface area contributed by atoms with Gasteiger partial charge in [0.15, 0.2) is 0 Å². The van der Waals surface area contributed by atoms with Crippen LogP contribution in [0, 0.1) is 10.1 Å². The number of carboxylic acid groups (broad SMARTS) is 1. The number of carboxylic acids is 1. The fourth-order valence-electron chi connectivity index (χ4n) is 2.36. The Morgan fingerprint density at radius 1 is 1.14 bits per heavy atom. The molecule has 0 radical (unpaired) electrons. The van der Waals surface area contributed by atoms with Gasteiger partial charge in [-0.2, -0.15) is 0 Å². The van der Waals surface area contributed by atoms with Gasteiger partial charge in [-0.3, -0.25) is 10.1 Å². The minimum Gasteiger partial charge on any atom is -0.478 e. The molecule has 0 aromatic heterocycles. The molecule has 0 fully saturated rings. The molecule has 0 aliphatic carbocycles. The van der Waals surface area contributed by atoms with E-state index in [-0.39, 0.29) is 11.3 Å². The van der Waals surface area contributed by atoms with Gasteiger partial charge in [0.1, 0.15) is 0 Å². The topological polar surface area (TPSA) is 80.4 Å². The van der Waals surface area contributed by atoms with Crippen molar-refractivity contribution in [2.24, 2.45) is 0 Å². The van der Waals surface area contributed by atoms with E-state index in [2.05, 4.69) is 0 Å². The van der Waals surface area contributed by atoms with Crippen LogP contribution in [0.3, 0.4) is 0 Å². The first-order valence-electron chi connectivity index (χ1n) is 6.42. The van der Waals surface area contributed by atoms with Crippen LogP contribution in [0.25, 0.3) is 0 Å². The highest BCUT2D eigenvalue weighted by Crippen LogP contribution is 2.35. The zero-order valence-electron chi connectivity index (χ0n) is 11.7. The van der Waals surface area contributed by atoms with Crippen molar-refractivity contribution in [1.82, 2.24) is 0 Å². The van der Waals surface area contributed by atoms with Crippen LogP contribution in [0.15, 0.2) is 48.5 Å². The third kappa shape index (κ3) is 2.76. The van der Waals surface area contributed by atoms with Gasteiger partial charge in [-0.25, -0.2) is 4.79 Å². The molecule has 108 valence electrons. The van der Waals surface area contributed by atoms with Gasteiger partial charge in [0, 0.05) is 17.5 Å². The normalized spacial score (nSPS) is 11.1. The molecule has 0 saturated heterocycles. The summed E-state index contributed by atoms with van der Waals surface area (Å²) in [5.41, 5.74) is 0.637. The lowest BCUT2D eigenvalue weighted by atomic mass is 9.76. The van der Waals surface area contributed by atoms with E-state index in [1.807, 2.05) is 44.2 Å². The van der Waals surface area contributed by atoms with Crippen LogP contribution in [0.4, 0.5) is 5.69 Å². The summed E-state index contributed by atoms with van der Waals surface area (Å²) >= 11 is 0. The summed E-state index contributed by atoms with van der Waals surface area (Å²) in [6.45, 7) is 3.71. The minimum atomic E-state index is -1.09. The second-order valence-corrected chi connectivity index (χ2v) is 5.28. The Bertz CT molecular complexity index is 693. The van der Waals surface area contributed by atoms with Crippen molar-refractivity contribution in [3.8, 4) is 0 Å². The van der Waals surface area contributed by atoms with E-state index >= 15 is 0 Å². The van der Waals surface area contributed by atoms with Crippen LogP contribution in [0.2, 0.25) is 0 Å². The Morgan fingerprint density at radius 3 is 2.29 bits per heavy atom. The van der Waals surface area contributed by atoms with Crippen LogP contribution in [-0.2, 0) is 5.41 Å². The molecule has 1 N–H and O–H groups in total. The van der Waals surface area contributed by atoms with E-state index in [0.29, 0.717) is 5.56 Å². The highest BCUT2D eigenvalue weighted by atomic mass is 16.6. The van der Waals surface area contributed by atoms with Gasteiger partial charge >= 0.3 is 5.97 Å². The van der Waals surface area contributed by atoms with E-state index in [4.69, 9.17) is 0 Å².